The van der Waals surface area contributed by atoms with Crippen LogP contribution in [-0.4, -0.2) is 38.0 Å². The topological polar surface area (TPSA) is 90.5 Å². The van der Waals surface area contributed by atoms with Crippen LogP contribution in [0.25, 0.3) is 38.8 Å². The molecule has 1 saturated heterocycles. The molecule has 0 radical (unpaired) electrons. The molecule has 0 bridgehead atoms. The molecule has 1 fully saturated rings. The van der Waals surface area contributed by atoms with Crippen molar-refractivity contribution in [2.24, 2.45) is 0 Å². The van der Waals surface area contributed by atoms with Gasteiger partial charge >= 0.3 is 0 Å². The molecule has 6 heteroatoms. The van der Waals surface area contributed by atoms with E-state index in [0.717, 1.165) is 61.6 Å². The molecule has 5 aromatic rings. The van der Waals surface area contributed by atoms with Crippen molar-refractivity contribution in [1.29, 1.82) is 0 Å². The first-order chi connectivity index (χ1) is 19.9. The number of rotatable bonds is 4. The molecule has 2 aromatic heterocycles. The smallest absolute Gasteiger partial charge is 0.128 e. The number of hydrogen-bond donors (Lipinski definition) is 4. The van der Waals surface area contributed by atoms with E-state index in [4.69, 9.17) is 9.47 Å². The van der Waals surface area contributed by atoms with Gasteiger partial charge in [0, 0.05) is 50.4 Å². The third-order valence-electron chi connectivity index (χ3n) is 9.00. The van der Waals surface area contributed by atoms with Crippen molar-refractivity contribution >= 4 is 38.8 Å². The van der Waals surface area contributed by atoms with Crippen LogP contribution in [0.1, 0.15) is 74.5 Å². The Balaban J connectivity index is 1.43. The number of aromatic nitrogens is 2. The number of phenolic OH excluding ortho intramolecular Hbond substituents is 1. The van der Waals surface area contributed by atoms with Gasteiger partial charge < -0.3 is 29.7 Å². The van der Waals surface area contributed by atoms with Crippen molar-refractivity contribution in [2.75, 3.05) is 6.61 Å². The van der Waals surface area contributed by atoms with Crippen LogP contribution in [0.5, 0.6) is 11.5 Å². The Morgan fingerprint density at radius 3 is 2.69 bits per heavy atom. The van der Waals surface area contributed by atoms with Crippen LogP contribution < -0.4 is 4.74 Å². The van der Waals surface area contributed by atoms with Crippen molar-refractivity contribution in [1.82, 2.24) is 9.97 Å². The van der Waals surface area contributed by atoms with E-state index < -0.39 is 17.6 Å². The molecule has 7 rings (SSSR count). The number of hydrogen-bond acceptors (Lipinski definition) is 4. The molecule has 4 N–H and O–H groups in total. The van der Waals surface area contributed by atoms with E-state index in [1.165, 1.54) is 11.1 Å². The molecule has 3 atom stereocenters. The van der Waals surface area contributed by atoms with Gasteiger partial charge in [0.25, 0.3) is 0 Å². The maximum atomic E-state index is 11.8. The van der Waals surface area contributed by atoms with Gasteiger partial charge in [0.05, 0.1) is 23.8 Å². The zero-order valence-corrected chi connectivity index (χ0v) is 25.1. The lowest BCUT2D eigenvalue weighted by Crippen LogP contribution is -2.32. The molecule has 216 valence electrons. The Bertz CT molecular complexity index is 1950. The number of H-pyrrole nitrogens is 2. The lowest BCUT2D eigenvalue weighted by molar-refractivity contribution is 0.0313. The first-order valence-electron chi connectivity index (χ1n) is 14.7. The SMILES string of the molecule is CC(C)=CCc1cccc2c([C@@H]3[C@@H](c4c(O)c(C)cc5c4[nH]c4ccc6c(c45)C=CC(C)(C)O6)OC[C@]3(C)O)c[nH]c12. The van der Waals surface area contributed by atoms with Crippen molar-refractivity contribution in [2.45, 2.75) is 71.2 Å². The number of aromatic amines is 2. The van der Waals surface area contributed by atoms with Crippen LogP contribution in [0.15, 0.2) is 60.3 Å². The van der Waals surface area contributed by atoms with Gasteiger partial charge in [-0.05, 0) is 88.9 Å². The highest BCUT2D eigenvalue weighted by atomic mass is 16.5. The average Bonchev–Trinajstić information content (AvgIpc) is 3.60. The summed E-state index contributed by atoms with van der Waals surface area (Å²) >= 11 is 0. The first-order valence-corrected chi connectivity index (χ1v) is 14.7. The van der Waals surface area contributed by atoms with E-state index in [0.29, 0.717) is 5.56 Å². The molecule has 3 aromatic carbocycles. The molecule has 6 nitrogen and oxygen atoms in total. The van der Waals surface area contributed by atoms with E-state index in [9.17, 15) is 10.2 Å². The zero-order chi connectivity index (χ0) is 29.6. The fraction of sp³-hybridized carbons (Fsp3) is 0.333. The van der Waals surface area contributed by atoms with Crippen molar-refractivity contribution in [3.63, 3.8) is 0 Å². The molecule has 2 aliphatic rings. The summed E-state index contributed by atoms with van der Waals surface area (Å²) in [6.45, 7) is 12.2. The normalized spacial score (nSPS) is 23.0. The number of nitrogens with one attached hydrogen (secondary N) is 2. The lowest BCUT2D eigenvalue weighted by Gasteiger charge is -2.28. The molecular formula is C36H38N2O4. The van der Waals surface area contributed by atoms with E-state index in [-0.39, 0.29) is 18.0 Å². The molecule has 2 aliphatic heterocycles. The quantitative estimate of drug-likeness (QED) is 0.167. The zero-order valence-electron chi connectivity index (χ0n) is 25.1. The first kappa shape index (κ1) is 26.9. The van der Waals surface area contributed by atoms with E-state index in [2.05, 4.69) is 60.2 Å². The molecule has 0 saturated carbocycles. The van der Waals surface area contributed by atoms with E-state index >= 15 is 0 Å². The third-order valence-corrected chi connectivity index (χ3v) is 9.00. The highest BCUT2D eigenvalue weighted by Gasteiger charge is 2.49. The number of aliphatic hydroxyl groups is 1. The minimum Gasteiger partial charge on any atom is -0.507 e. The highest BCUT2D eigenvalue weighted by molar-refractivity contribution is 6.14. The lowest BCUT2D eigenvalue weighted by atomic mass is 9.78. The fourth-order valence-electron chi connectivity index (χ4n) is 6.93. The molecular weight excluding hydrogens is 524 g/mol. The second kappa shape index (κ2) is 9.25. The van der Waals surface area contributed by atoms with Crippen LogP contribution in [0, 0.1) is 6.92 Å². The molecule has 0 unspecified atom stereocenters. The maximum Gasteiger partial charge on any atom is 0.128 e. The number of phenols is 1. The minimum atomic E-state index is -1.15. The number of aromatic hydroxyl groups is 1. The Hall–Kier alpha value is -4.00. The van der Waals surface area contributed by atoms with Gasteiger partial charge in [-0.1, -0.05) is 35.9 Å². The van der Waals surface area contributed by atoms with Crippen LogP contribution in [0.2, 0.25) is 0 Å². The number of ether oxygens (including phenoxy) is 2. The summed E-state index contributed by atoms with van der Waals surface area (Å²) in [6, 6.07) is 12.4. The van der Waals surface area contributed by atoms with Gasteiger partial charge in [-0.15, -0.1) is 0 Å². The molecule has 42 heavy (non-hydrogen) atoms. The summed E-state index contributed by atoms with van der Waals surface area (Å²) in [4.78, 5) is 7.11. The summed E-state index contributed by atoms with van der Waals surface area (Å²) in [5, 5.41) is 26.5. The second-order valence-corrected chi connectivity index (χ2v) is 13.1. The maximum absolute atomic E-state index is 11.8. The molecule has 0 amide bonds. The molecule has 0 spiro atoms. The minimum absolute atomic E-state index is 0.155. The predicted molar refractivity (Wildman–Crippen MR) is 169 cm³/mol. The van der Waals surface area contributed by atoms with Gasteiger partial charge in [0.1, 0.15) is 17.1 Å². The van der Waals surface area contributed by atoms with E-state index in [1.54, 1.807) is 0 Å². The van der Waals surface area contributed by atoms with E-state index in [1.807, 2.05) is 52.1 Å². The van der Waals surface area contributed by atoms with Crippen molar-refractivity contribution < 1.29 is 19.7 Å². The summed E-state index contributed by atoms with van der Waals surface area (Å²) in [6.07, 6.45) is 8.70. The molecule has 4 heterocycles. The Morgan fingerprint density at radius 1 is 1.10 bits per heavy atom. The number of allylic oxidation sites excluding steroid dienone is 2. The largest absolute Gasteiger partial charge is 0.507 e. The summed E-state index contributed by atoms with van der Waals surface area (Å²) in [5.74, 6) is 0.613. The van der Waals surface area contributed by atoms with Gasteiger partial charge in [0.2, 0.25) is 0 Å². The Labute approximate surface area is 245 Å². The number of para-hydroxylation sites is 1. The molecule has 0 aliphatic carbocycles. The van der Waals surface area contributed by atoms with Crippen molar-refractivity contribution in [3.8, 4) is 11.5 Å². The second-order valence-electron chi connectivity index (χ2n) is 13.1. The summed E-state index contributed by atoms with van der Waals surface area (Å²) in [7, 11) is 0. The van der Waals surface area contributed by atoms with Gasteiger partial charge in [-0.3, -0.25) is 0 Å². The number of aryl methyl sites for hydroxylation is 1. The van der Waals surface area contributed by atoms with Gasteiger partial charge in [-0.2, -0.15) is 0 Å². The average molecular weight is 563 g/mol. The van der Waals surface area contributed by atoms with Crippen LogP contribution in [-0.2, 0) is 11.2 Å². The highest BCUT2D eigenvalue weighted by Crippen LogP contribution is 2.54. The number of fused-ring (bicyclic) bond motifs is 6. The number of benzene rings is 3. The third kappa shape index (κ3) is 4.08. The predicted octanol–water partition coefficient (Wildman–Crippen LogP) is 8.12. The Morgan fingerprint density at radius 2 is 1.90 bits per heavy atom. The summed E-state index contributed by atoms with van der Waals surface area (Å²) < 4.78 is 12.7. The van der Waals surface area contributed by atoms with Crippen LogP contribution >= 0.6 is 0 Å². The van der Waals surface area contributed by atoms with Crippen LogP contribution in [0.4, 0.5) is 0 Å². The fourth-order valence-corrected chi connectivity index (χ4v) is 6.93. The Kier molecular flexibility index (Phi) is 5.92. The van der Waals surface area contributed by atoms with Crippen molar-refractivity contribution in [3.05, 3.63) is 88.1 Å². The standard InChI is InChI=1S/C36H38N2O4/c1-19(2)10-11-21-8-7-9-22-25(17-37-31(21)22)30-34(41-18-36(30,6)40)29-32-24(16-20(3)33(29)39)28-23-14-15-35(4,5)42-27(23)13-12-26(28)38-32/h7-10,12-17,30,34,37-40H,11,18H2,1-6H3/t30-,34-,36+/m1/s1. The van der Waals surface area contributed by atoms with Crippen LogP contribution in [0.3, 0.4) is 0 Å². The monoisotopic (exact) mass is 562 g/mol. The summed E-state index contributed by atoms with van der Waals surface area (Å²) in [5.41, 5.74) is 7.23. The van der Waals surface area contributed by atoms with Gasteiger partial charge in [0.15, 0.2) is 0 Å². The van der Waals surface area contributed by atoms with Gasteiger partial charge in [-0.25, -0.2) is 0 Å².